The number of hydrogen-bond acceptors (Lipinski definition) is 2. The van der Waals surface area contributed by atoms with E-state index in [9.17, 15) is 0 Å². The molecule has 0 saturated carbocycles. The molecule has 66 valence electrons. The number of nitrogens with zero attached hydrogens (tertiary/aromatic N) is 1. The van der Waals surface area contributed by atoms with Gasteiger partial charge in [-0.3, -0.25) is 0 Å². The van der Waals surface area contributed by atoms with Crippen LogP contribution in [-0.4, -0.2) is 10.9 Å². The highest BCUT2D eigenvalue weighted by atomic mass is 35.5. The summed E-state index contributed by atoms with van der Waals surface area (Å²) in [6.45, 7) is 2.31. The van der Waals surface area contributed by atoms with E-state index in [-0.39, 0.29) is 0 Å². The van der Waals surface area contributed by atoms with Gasteiger partial charge in [0.25, 0.3) is 0 Å². The van der Waals surface area contributed by atoms with E-state index in [1.54, 1.807) is 0 Å². The summed E-state index contributed by atoms with van der Waals surface area (Å²) >= 11 is 7.74. The number of aliphatic imine (C=N–C) groups is 1. The second-order valence-corrected chi connectivity index (χ2v) is 5.00. The van der Waals surface area contributed by atoms with Crippen LogP contribution in [0.4, 0.5) is 0 Å². The van der Waals surface area contributed by atoms with Crippen molar-refractivity contribution in [3.63, 3.8) is 0 Å². The minimum absolute atomic E-state index is 0.772. The topological polar surface area (TPSA) is 12.4 Å². The average Bonchev–Trinajstić information content (AvgIpc) is 2.05. The molecule has 0 N–H and O–H groups in total. The van der Waals surface area contributed by atoms with E-state index in [1.807, 2.05) is 11.8 Å². The van der Waals surface area contributed by atoms with Gasteiger partial charge in [-0.1, -0.05) is 18.5 Å². The summed E-state index contributed by atoms with van der Waals surface area (Å²) in [5.41, 5.74) is 1.26. The van der Waals surface area contributed by atoms with Crippen molar-refractivity contribution in [1.82, 2.24) is 0 Å². The van der Waals surface area contributed by atoms with Crippen LogP contribution in [-0.2, 0) is 0 Å². The van der Waals surface area contributed by atoms with Gasteiger partial charge in [0.15, 0.2) is 0 Å². The van der Waals surface area contributed by atoms with Gasteiger partial charge in [0.1, 0.15) is 5.17 Å². The molecular formula is C9H12ClNS. The maximum absolute atomic E-state index is 5.87. The predicted octanol–water partition coefficient (Wildman–Crippen LogP) is 3.40. The molecule has 0 aromatic carbocycles. The van der Waals surface area contributed by atoms with Crippen molar-refractivity contribution in [3.05, 3.63) is 10.6 Å². The SMILES string of the molecule is CC1CCC2=C(C1)SCC(Cl)=N2. The van der Waals surface area contributed by atoms with Crippen molar-refractivity contribution < 1.29 is 0 Å². The molecule has 0 saturated heterocycles. The number of hydrogen-bond donors (Lipinski definition) is 0. The van der Waals surface area contributed by atoms with Crippen LogP contribution in [0, 0.1) is 5.92 Å². The first-order chi connectivity index (χ1) is 5.75. The molecule has 0 radical (unpaired) electrons. The maximum Gasteiger partial charge on any atom is 0.116 e. The van der Waals surface area contributed by atoms with Gasteiger partial charge < -0.3 is 0 Å². The second kappa shape index (κ2) is 3.43. The third kappa shape index (κ3) is 1.69. The van der Waals surface area contributed by atoms with E-state index in [0.717, 1.165) is 23.3 Å². The summed E-state index contributed by atoms with van der Waals surface area (Å²) in [7, 11) is 0. The molecule has 0 bridgehead atoms. The van der Waals surface area contributed by atoms with Crippen LogP contribution in [0.1, 0.15) is 26.2 Å². The van der Waals surface area contributed by atoms with Gasteiger partial charge in [0.2, 0.25) is 0 Å². The molecule has 1 atom stereocenters. The summed E-state index contributed by atoms with van der Waals surface area (Å²) in [6.07, 6.45) is 3.61. The van der Waals surface area contributed by atoms with Crippen LogP contribution in [0.25, 0.3) is 0 Å². The lowest BCUT2D eigenvalue weighted by Gasteiger charge is -2.24. The second-order valence-electron chi connectivity index (χ2n) is 3.49. The first kappa shape index (κ1) is 8.64. The molecule has 2 rings (SSSR count). The van der Waals surface area contributed by atoms with Gasteiger partial charge in [0.05, 0.1) is 11.4 Å². The van der Waals surface area contributed by atoms with Crippen LogP contribution in [0.15, 0.2) is 15.6 Å². The van der Waals surface area contributed by atoms with Crippen LogP contribution in [0.5, 0.6) is 0 Å². The third-order valence-electron chi connectivity index (χ3n) is 2.35. The van der Waals surface area contributed by atoms with Crippen molar-refractivity contribution in [1.29, 1.82) is 0 Å². The number of halogens is 1. The third-order valence-corrected chi connectivity index (χ3v) is 3.90. The van der Waals surface area contributed by atoms with Gasteiger partial charge in [-0.25, -0.2) is 4.99 Å². The first-order valence-corrected chi connectivity index (χ1v) is 5.70. The highest BCUT2D eigenvalue weighted by Gasteiger charge is 2.21. The summed E-state index contributed by atoms with van der Waals surface area (Å²) in [5.74, 6) is 1.72. The fourth-order valence-corrected chi connectivity index (χ4v) is 2.99. The molecule has 1 unspecified atom stereocenters. The van der Waals surface area contributed by atoms with Crippen LogP contribution in [0.3, 0.4) is 0 Å². The van der Waals surface area contributed by atoms with Crippen LogP contribution < -0.4 is 0 Å². The molecule has 1 aliphatic carbocycles. The van der Waals surface area contributed by atoms with Crippen molar-refractivity contribution in [2.24, 2.45) is 10.9 Å². The summed E-state index contributed by atoms with van der Waals surface area (Å²) in [4.78, 5) is 5.86. The quantitative estimate of drug-likeness (QED) is 0.585. The predicted molar refractivity (Wildman–Crippen MR) is 55.8 cm³/mol. The maximum atomic E-state index is 5.87. The lowest BCUT2D eigenvalue weighted by atomic mass is 9.94. The van der Waals surface area contributed by atoms with E-state index in [0.29, 0.717) is 0 Å². The van der Waals surface area contributed by atoms with Crippen molar-refractivity contribution in [3.8, 4) is 0 Å². The highest BCUT2D eigenvalue weighted by molar-refractivity contribution is 8.03. The molecule has 3 heteroatoms. The van der Waals surface area contributed by atoms with Crippen LogP contribution in [0.2, 0.25) is 0 Å². The number of allylic oxidation sites excluding steroid dienone is 2. The van der Waals surface area contributed by atoms with Crippen molar-refractivity contribution in [2.75, 3.05) is 5.75 Å². The lowest BCUT2D eigenvalue weighted by Crippen LogP contribution is -2.10. The molecule has 0 aromatic rings. The molecule has 1 aliphatic heterocycles. The monoisotopic (exact) mass is 201 g/mol. The largest absolute Gasteiger partial charge is 0.244 e. The molecule has 1 nitrogen and oxygen atoms in total. The Bertz CT molecular complexity index is 257. The number of rotatable bonds is 0. The Morgan fingerprint density at radius 2 is 2.42 bits per heavy atom. The highest BCUT2D eigenvalue weighted by Crippen LogP contribution is 2.39. The molecule has 0 spiro atoms. The Labute approximate surface area is 82.3 Å². The minimum Gasteiger partial charge on any atom is -0.244 e. The molecular weight excluding hydrogens is 190 g/mol. The van der Waals surface area contributed by atoms with Crippen molar-refractivity contribution >= 4 is 28.5 Å². The fourth-order valence-electron chi connectivity index (χ4n) is 1.64. The Hall–Kier alpha value is 0.0500. The normalized spacial score (nSPS) is 29.8. The van der Waals surface area contributed by atoms with E-state index in [1.165, 1.54) is 23.4 Å². The molecule has 0 amide bonds. The van der Waals surface area contributed by atoms with Gasteiger partial charge >= 0.3 is 0 Å². The van der Waals surface area contributed by atoms with Crippen molar-refractivity contribution in [2.45, 2.75) is 26.2 Å². The fraction of sp³-hybridized carbons (Fsp3) is 0.667. The Kier molecular flexibility index (Phi) is 2.47. The zero-order chi connectivity index (χ0) is 8.55. The molecule has 12 heavy (non-hydrogen) atoms. The molecule has 0 aromatic heterocycles. The summed E-state index contributed by atoms with van der Waals surface area (Å²) in [6, 6.07) is 0. The van der Waals surface area contributed by atoms with Crippen LogP contribution >= 0.6 is 23.4 Å². The smallest absolute Gasteiger partial charge is 0.116 e. The van der Waals surface area contributed by atoms with E-state index >= 15 is 0 Å². The lowest BCUT2D eigenvalue weighted by molar-refractivity contribution is 0.507. The van der Waals surface area contributed by atoms with Gasteiger partial charge in [-0.2, -0.15) is 0 Å². The average molecular weight is 202 g/mol. The molecule has 1 heterocycles. The molecule has 0 fully saturated rings. The number of thioether (sulfide) groups is 1. The Morgan fingerprint density at radius 3 is 3.25 bits per heavy atom. The Balaban J connectivity index is 2.22. The summed E-state index contributed by atoms with van der Waals surface area (Å²) in [5, 5.41) is 0.772. The van der Waals surface area contributed by atoms with E-state index in [2.05, 4.69) is 11.9 Å². The Morgan fingerprint density at radius 1 is 1.58 bits per heavy atom. The van der Waals surface area contributed by atoms with Gasteiger partial charge in [-0.05, 0) is 25.2 Å². The zero-order valence-electron chi connectivity index (χ0n) is 7.14. The zero-order valence-corrected chi connectivity index (χ0v) is 8.71. The standard InChI is InChI=1S/C9H12ClNS/c1-6-2-3-7-8(4-6)12-5-9(10)11-7/h6H,2-5H2,1H3. The first-order valence-electron chi connectivity index (χ1n) is 4.33. The minimum atomic E-state index is 0.772. The van der Waals surface area contributed by atoms with Gasteiger partial charge in [0, 0.05) is 4.91 Å². The molecule has 2 aliphatic rings. The van der Waals surface area contributed by atoms with E-state index < -0.39 is 0 Å². The van der Waals surface area contributed by atoms with E-state index in [4.69, 9.17) is 11.6 Å². The summed E-state index contributed by atoms with van der Waals surface area (Å²) < 4.78 is 0. The van der Waals surface area contributed by atoms with Gasteiger partial charge in [-0.15, -0.1) is 11.8 Å².